The van der Waals surface area contributed by atoms with Gasteiger partial charge in [-0.15, -0.1) is 0 Å². The minimum absolute atomic E-state index is 0.322. The van der Waals surface area contributed by atoms with Crippen molar-refractivity contribution in [2.75, 3.05) is 0 Å². The molecule has 3 aromatic carbocycles. The van der Waals surface area contributed by atoms with E-state index in [2.05, 4.69) is 15.0 Å². The summed E-state index contributed by atoms with van der Waals surface area (Å²) in [5.74, 6) is 1.72. The van der Waals surface area contributed by atoms with Gasteiger partial charge in [0.05, 0.1) is 0 Å². The van der Waals surface area contributed by atoms with Crippen molar-refractivity contribution in [3.8, 4) is 28.5 Å². The number of para-hydroxylation sites is 1. The summed E-state index contributed by atoms with van der Waals surface area (Å²) in [6, 6.07) is 28.5. The molecular formula is C21H17N3O. The van der Waals surface area contributed by atoms with E-state index in [-0.39, 0.29) is 0 Å². The number of hydrogen-bond acceptors (Lipinski definition) is 4. The summed E-state index contributed by atoms with van der Waals surface area (Å²) >= 11 is 0. The van der Waals surface area contributed by atoms with Gasteiger partial charge in [0.15, 0.2) is 11.6 Å². The van der Waals surface area contributed by atoms with E-state index in [1.807, 2.05) is 66.7 Å². The zero-order valence-electron chi connectivity index (χ0n) is 13.5. The molecule has 4 nitrogen and oxygen atoms in total. The number of phenols is 1. The summed E-state index contributed by atoms with van der Waals surface area (Å²) in [6.07, 6.45) is 1.55. The van der Waals surface area contributed by atoms with Crippen molar-refractivity contribution < 1.29 is 5.11 Å². The van der Waals surface area contributed by atoms with Gasteiger partial charge < -0.3 is 5.11 Å². The molecule has 0 atom stereocenters. The molecule has 0 saturated heterocycles. The van der Waals surface area contributed by atoms with Crippen molar-refractivity contribution in [2.24, 2.45) is 0 Å². The molecule has 0 fully saturated rings. The monoisotopic (exact) mass is 327 g/mol. The van der Waals surface area contributed by atoms with Crippen LogP contribution in [-0.4, -0.2) is 20.1 Å². The van der Waals surface area contributed by atoms with Gasteiger partial charge in [-0.2, -0.15) is 0 Å². The summed E-state index contributed by atoms with van der Waals surface area (Å²) < 4.78 is 0. The molecule has 122 valence electrons. The minimum Gasteiger partial charge on any atom is -0.508 e. The van der Waals surface area contributed by atoms with Crippen LogP contribution in [0, 0.1) is 0 Å². The number of hydrogen-bond donors (Lipinski definition) is 1. The molecule has 4 rings (SSSR count). The van der Waals surface area contributed by atoms with E-state index in [1.54, 1.807) is 30.6 Å². The van der Waals surface area contributed by atoms with Crippen LogP contribution in [0.4, 0.5) is 0 Å². The van der Waals surface area contributed by atoms with E-state index in [9.17, 15) is 0 Å². The maximum Gasteiger partial charge on any atom is 0.163 e. The standard InChI is InChI=1S/C15H11N3.C6H6O/c1-3-7-12(8-4-1)14-16-11-17-15(18-14)13-9-5-2-6-10-13;7-6-4-2-1-3-5-6/h1-11H;1-5,7H. The zero-order valence-corrected chi connectivity index (χ0v) is 13.5. The molecular weight excluding hydrogens is 310 g/mol. The van der Waals surface area contributed by atoms with Crippen molar-refractivity contribution in [3.05, 3.63) is 97.3 Å². The molecule has 1 N–H and O–H groups in total. The van der Waals surface area contributed by atoms with E-state index in [0.717, 1.165) is 11.1 Å². The van der Waals surface area contributed by atoms with Crippen molar-refractivity contribution in [3.63, 3.8) is 0 Å². The fourth-order valence-corrected chi connectivity index (χ4v) is 2.18. The second kappa shape index (κ2) is 8.36. The van der Waals surface area contributed by atoms with Gasteiger partial charge in [0.1, 0.15) is 12.1 Å². The molecule has 0 saturated carbocycles. The largest absolute Gasteiger partial charge is 0.508 e. The van der Waals surface area contributed by atoms with Crippen molar-refractivity contribution >= 4 is 0 Å². The second-order valence-electron chi connectivity index (χ2n) is 5.20. The van der Waals surface area contributed by atoms with Crippen LogP contribution in [0.15, 0.2) is 97.3 Å². The Bertz CT molecular complexity index is 843. The quantitative estimate of drug-likeness (QED) is 0.584. The molecule has 0 radical (unpaired) electrons. The Hall–Kier alpha value is -3.53. The SMILES string of the molecule is Oc1ccccc1.c1ccc(-c2ncnc(-c3ccccc3)n2)cc1. The third kappa shape index (κ3) is 4.72. The van der Waals surface area contributed by atoms with Crippen molar-refractivity contribution in [1.29, 1.82) is 0 Å². The Morgan fingerprint density at radius 3 is 1.28 bits per heavy atom. The number of nitrogens with zero attached hydrogens (tertiary/aromatic N) is 3. The fourth-order valence-electron chi connectivity index (χ4n) is 2.18. The number of benzene rings is 3. The summed E-state index contributed by atoms with van der Waals surface area (Å²) in [5.41, 5.74) is 1.99. The highest BCUT2D eigenvalue weighted by Gasteiger charge is 2.04. The number of aromatic hydroxyl groups is 1. The van der Waals surface area contributed by atoms with Crippen LogP contribution in [0.3, 0.4) is 0 Å². The highest BCUT2D eigenvalue weighted by Crippen LogP contribution is 2.18. The van der Waals surface area contributed by atoms with Crippen molar-refractivity contribution in [2.45, 2.75) is 0 Å². The maximum atomic E-state index is 8.63. The molecule has 0 amide bonds. The van der Waals surface area contributed by atoms with Gasteiger partial charge in [-0.05, 0) is 12.1 Å². The first-order valence-electron chi connectivity index (χ1n) is 7.87. The van der Waals surface area contributed by atoms with Crippen LogP contribution in [-0.2, 0) is 0 Å². The number of phenolic OH excluding ortho intramolecular Hbond substituents is 1. The topological polar surface area (TPSA) is 58.9 Å². The molecule has 0 bridgehead atoms. The van der Waals surface area contributed by atoms with E-state index >= 15 is 0 Å². The highest BCUT2D eigenvalue weighted by atomic mass is 16.3. The van der Waals surface area contributed by atoms with Gasteiger partial charge in [0.25, 0.3) is 0 Å². The first-order valence-corrected chi connectivity index (χ1v) is 7.87. The van der Waals surface area contributed by atoms with E-state index in [0.29, 0.717) is 17.4 Å². The third-order valence-corrected chi connectivity index (χ3v) is 3.39. The molecule has 4 heteroatoms. The normalized spacial score (nSPS) is 9.76. The van der Waals surface area contributed by atoms with Crippen molar-refractivity contribution in [1.82, 2.24) is 15.0 Å². The average molecular weight is 327 g/mol. The molecule has 1 heterocycles. The van der Waals surface area contributed by atoms with Crippen LogP contribution in [0.1, 0.15) is 0 Å². The Morgan fingerprint density at radius 1 is 0.520 bits per heavy atom. The summed E-state index contributed by atoms with van der Waals surface area (Å²) in [5, 5.41) is 8.63. The molecule has 25 heavy (non-hydrogen) atoms. The van der Waals surface area contributed by atoms with Gasteiger partial charge in [0.2, 0.25) is 0 Å². The Kier molecular flexibility index (Phi) is 5.46. The molecule has 0 unspecified atom stereocenters. The van der Waals surface area contributed by atoms with Gasteiger partial charge >= 0.3 is 0 Å². The lowest BCUT2D eigenvalue weighted by Gasteiger charge is -2.02. The van der Waals surface area contributed by atoms with Crippen LogP contribution in [0.2, 0.25) is 0 Å². The minimum atomic E-state index is 0.322. The van der Waals surface area contributed by atoms with Gasteiger partial charge in [-0.1, -0.05) is 78.9 Å². The fraction of sp³-hybridized carbons (Fsp3) is 0. The van der Waals surface area contributed by atoms with Crippen LogP contribution >= 0.6 is 0 Å². The molecule has 0 aliphatic heterocycles. The summed E-state index contributed by atoms with van der Waals surface area (Å²) in [7, 11) is 0. The lowest BCUT2D eigenvalue weighted by Crippen LogP contribution is -1.94. The van der Waals surface area contributed by atoms with E-state index in [1.165, 1.54) is 0 Å². The highest BCUT2D eigenvalue weighted by molar-refractivity contribution is 5.60. The Morgan fingerprint density at radius 2 is 0.920 bits per heavy atom. The van der Waals surface area contributed by atoms with Crippen LogP contribution < -0.4 is 0 Å². The lowest BCUT2D eigenvalue weighted by molar-refractivity contribution is 0.475. The van der Waals surface area contributed by atoms with Gasteiger partial charge in [0, 0.05) is 11.1 Å². The summed E-state index contributed by atoms with van der Waals surface area (Å²) in [4.78, 5) is 12.9. The predicted octanol–water partition coefficient (Wildman–Crippen LogP) is 4.60. The first-order chi connectivity index (χ1) is 12.3. The Balaban J connectivity index is 0.000000219. The first kappa shape index (κ1) is 16.3. The molecule has 1 aromatic heterocycles. The van der Waals surface area contributed by atoms with E-state index < -0.39 is 0 Å². The molecule has 0 aliphatic rings. The predicted molar refractivity (Wildman–Crippen MR) is 98.8 cm³/mol. The average Bonchev–Trinajstić information content (AvgIpc) is 2.71. The van der Waals surface area contributed by atoms with Gasteiger partial charge in [-0.3, -0.25) is 0 Å². The summed E-state index contributed by atoms with van der Waals surface area (Å²) in [6.45, 7) is 0. The van der Waals surface area contributed by atoms with E-state index in [4.69, 9.17) is 5.11 Å². The van der Waals surface area contributed by atoms with Gasteiger partial charge in [-0.25, -0.2) is 15.0 Å². The smallest absolute Gasteiger partial charge is 0.163 e. The Labute approximate surface area is 146 Å². The number of aromatic nitrogens is 3. The maximum absolute atomic E-state index is 8.63. The second-order valence-corrected chi connectivity index (χ2v) is 5.20. The van der Waals surface area contributed by atoms with Crippen LogP contribution in [0.5, 0.6) is 5.75 Å². The van der Waals surface area contributed by atoms with Crippen LogP contribution in [0.25, 0.3) is 22.8 Å². The lowest BCUT2D eigenvalue weighted by atomic mass is 10.2. The molecule has 0 aliphatic carbocycles. The third-order valence-electron chi connectivity index (χ3n) is 3.39. The zero-order chi connectivity index (χ0) is 17.3. The molecule has 0 spiro atoms. The number of rotatable bonds is 2. The molecule has 4 aromatic rings.